The van der Waals surface area contributed by atoms with Crippen molar-refractivity contribution in [2.75, 3.05) is 54.1 Å². The summed E-state index contributed by atoms with van der Waals surface area (Å²) in [7, 11) is 1.57. The molecule has 1 heterocycles. The number of fused-ring (bicyclic) bond motifs is 2. The lowest BCUT2D eigenvalue weighted by Gasteiger charge is -2.27. The number of rotatable bonds is 36. The molecule has 7 atom stereocenters. The topological polar surface area (TPSA) is 130 Å². The van der Waals surface area contributed by atoms with E-state index in [1.165, 1.54) is 77.0 Å². The van der Waals surface area contributed by atoms with E-state index in [4.69, 9.17) is 28.3 Å². The van der Waals surface area contributed by atoms with Crippen LogP contribution in [-0.4, -0.2) is 99.0 Å². The van der Waals surface area contributed by atoms with Crippen molar-refractivity contribution >= 4 is 13.8 Å². The fourth-order valence-electron chi connectivity index (χ4n) is 7.11. The van der Waals surface area contributed by atoms with E-state index in [2.05, 4.69) is 38.2 Å². The van der Waals surface area contributed by atoms with Crippen molar-refractivity contribution in [1.29, 1.82) is 0 Å². The Morgan fingerprint density at radius 1 is 0.804 bits per heavy atom. The molecule has 0 amide bonds. The third-order valence-electron chi connectivity index (χ3n) is 10.5. The molecule has 2 rings (SSSR count). The molecule has 1 aliphatic carbocycles. The van der Waals surface area contributed by atoms with Crippen LogP contribution in [0.1, 0.15) is 149 Å². The number of ether oxygens (including phenoxy) is 2. The van der Waals surface area contributed by atoms with Gasteiger partial charge in [0.2, 0.25) is 0 Å². The zero-order valence-corrected chi connectivity index (χ0v) is 36.8. The van der Waals surface area contributed by atoms with Crippen molar-refractivity contribution < 1.29 is 52.1 Å². The van der Waals surface area contributed by atoms with E-state index >= 15 is 0 Å². The van der Waals surface area contributed by atoms with Gasteiger partial charge < -0.3 is 24.0 Å². The van der Waals surface area contributed by atoms with Crippen LogP contribution in [0.4, 0.5) is 0 Å². The summed E-state index contributed by atoms with van der Waals surface area (Å²) in [5.41, 5.74) is 0. The molecule has 56 heavy (non-hydrogen) atoms. The molecular formula is C44H81NO10P+. The minimum Gasteiger partial charge on any atom is -0.457 e. The minimum atomic E-state index is -4.32. The third-order valence-corrected chi connectivity index (χ3v) is 11.5. The molecule has 326 valence electrons. The first-order chi connectivity index (χ1) is 26.9. The van der Waals surface area contributed by atoms with Gasteiger partial charge in [0.15, 0.2) is 0 Å². The van der Waals surface area contributed by atoms with Gasteiger partial charge >= 0.3 is 13.8 Å². The number of esters is 1. The first kappa shape index (κ1) is 50.7. The Balaban J connectivity index is 1.70. The van der Waals surface area contributed by atoms with E-state index in [0.29, 0.717) is 36.9 Å². The second kappa shape index (κ2) is 30.6. The van der Waals surface area contributed by atoms with Crippen LogP contribution in [-0.2, 0) is 37.7 Å². The standard InChI is InChI=1S/C44H80NO10P/c1-6-8-10-11-12-13-14-15-16-17-18-19-22-26-33-50-36-39(37-52-56(48,49)51-34-32-45(3,4)5)53-44(47)29-25-21-20-24-28-40-41(43-35-42(40)54-55-43)31-30-38(46)27-23-9-7-2/h9,20,23-24,30-31,38-43,46H,6-8,10-19,21-22,25-29,32-37H2,1-5H3/p+1/b23-9-,24-20-,31-30+. The number of unbranched alkanes of at least 4 members (excludes halogenated alkanes) is 14. The van der Waals surface area contributed by atoms with Gasteiger partial charge in [-0.3, -0.25) is 13.8 Å². The van der Waals surface area contributed by atoms with Gasteiger partial charge in [-0.05, 0) is 38.5 Å². The molecule has 2 bridgehead atoms. The lowest BCUT2D eigenvalue weighted by molar-refractivity contribution is -0.870. The van der Waals surface area contributed by atoms with Gasteiger partial charge in [-0.2, -0.15) is 0 Å². The fraction of sp³-hybridized carbons (Fsp3) is 0.841. The van der Waals surface area contributed by atoms with Crippen LogP contribution in [0.2, 0.25) is 0 Å². The first-order valence-electron chi connectivity index (χ1n) is 22.1. The molecule has 2 N–H and O–H groups in total. The Kier molecular flexibility index (Phi) is 27.7. The Hall–Kier alpha value is -1.40. The highest BCUT2D eigenvalue weighted by Crippen LogP contribution is 2.45. The zero-order valence-electron chi connectivity index (χ0n) is 35.9. The van der Waals surface area contributed by atoms with E-state index in [1.807, 2.05) is 33.3 Å². The van der Waals surface area contributed by atoms with E-state index in [1.54, 1.807) is 0 Å². The number of hydrogen-bond acceptors (Lipinski definition) is 9. The Bertz CT molecular complexity index is 1140. The Labute approximate surface area is 340 Å². The number of carbonyl (C=O) groups excluding carboxylic acids is 1. The fourth-order valence-corrected chi connectivity index (χ4v) is 7.85. The summed E-state index contributed by atoms with van der Waals surface area (Å²) in [6, 6.07) is 0. The number of carbonyl (C=O) groups is 1. The van der Waals surface area contributed by atoms with Crippen molar-refractivity contribution in [2.45, 2.75) is 173 Å². The molecule has 0 aromatic rings. The number of allylic oxidation sites excluding steroid dienone is 3. The first-order valence-corrected chi connectivity index (χ1v) is 23.6. The van der Waals surface area contributed by atoms with Gasteiger partial charge in [0.25, 0.3) is 0 Å². The number of aliphatic hydroxyl groups is 1. The quantitative estimate of drug-likeness (QED) is 0.0157. The second-order valence-corrected chi connectivity index (χ2v) is 18.3. The molecule has 12 heteroatoms. The molecule has 1 saturated carbocycles. The van der Waals surface area contributed by atoms with Gasteiger partial charge in [0.1, 0.15) is 25.4 Å². The maximum absolute atomic E-state index is 12.8. The Morgan fingerprint density at radius 2 is 1.45 bits per heavy atom. The minimum absolute atomic E-state index is 0.0111. The molecule has 2 fully saturated rings. The number of aliphatic hydroxyl groups excluding tert-OH is 1. The molecule has 0 aromatic heterocycles. The third kappa shape index (κ3) is 25.2. The van der Waals surface area contributed by atoms with E-state index in [0.717, 1.165) is 32.1 Å². The zero-order chi connectivity index (χ0) is 40.9. The molecule has 7 unspecified atom stereocenters. The molecule has 1 saturated heterocycles. The van der Waals surface area contributed by atoms with Gasteiger partial charge in [-0.1, -0.05) is 134 Å². The van der Waals surface area contributed by atoms with Gasteiger partial charge in [0.05, 0.1) is 46.6 Å². The SMILES string of the molecule is CC/C=C\CC(O)/C=C/C1C2CC(OO2)C1C/C=C\CCCC(=O)OC(COCCCCCCCCCCCCCCCC)COP(=O)(O)OCC[N+](C)(C)C. The van der Waals surface area contributed by atoms with Crippen LogP contribution in [0.3, 0.4) is 0 Å². The summed E-state index contributed by atoms with van der Waals surface area (Å²) in [6.45, 7) is 5.25. The maximum Gasteiger partial charge on any atom is 0.472 e. The van der Waals surface area contributed by atoms with Crippen LogP contribution in [0, 0.1) is 11.8 Å². The number of hydrogen-bond donors (Lipinski definition) is 2. The van der Waals surface area contributed by atoms with E-state index in [9.17, 15) is 19.4 Å². The number of phosphoric acid groups is 1. The summed E-state index contributed by atoms with van der Waals surface area (Å²) in [6.07, 6.45) is 33.6. The molecule has 0 spiro atoms. The number of likely N-dealkylation sites (N-methyl/N-ethyl adjacent to an activating group) is 1. The molecule has 11 nitrogen and oxygen atoms in total. The Morgan fingerprint density at radius 3 is 2.09 bits per heavy atom. The molecular weight excluding hydrogens is 733 g/mol. The van der Waals surface area contributed by atoms with Crippen LogP contribution >= 0.6 is 7.82 Å². The van der Waals surface area contributed by atoms with Crippen LogP contribution in [0.25, 0.3) is 0 Å². The van der Waals surface area contributed by atoms with Crippen molar-refractivity contribution in [3.05, 3.63) is 36.5 Å². The summed E-state index contributed by atoms with van der Waals surface area (Å²) < 4.78 is 35.1. The van der Waals surface area contributed by atoms with Crippen molar-refractivity contribution in [1.82, 2.24) is 0 Å². The summed E-state index contributed by atoms with van der Waals surface area (Å²) in [5.74, 6) is 0.0575. The highest BCUT2D eigenvalue weighted by molar-refractivity contribution is 7.47. The lowest BCUT2D eigenvalue weighted by atomic mass is 9.89. The summed E-state index contributed by atoms with van der Waals surface area (Å²) in [5, 5.41) is 10.3. The molecule has 1 aliphatic heterocycles. The normalized spacial score (nSPS) is 22.1. The molecule has 2 aliphatic rings. The van der Waals surface area contributed by atoms with Gasteiger partial charge in [-0.15, -0.1) is 0 Å². The second-order valence-electron chi connectivity index (χ2n) is 16.8. The number of phosphoric ester groups is 1. The van der Waals surface area contributed by atoms with Crippen LogP contribution in [0.15, 0.2) is 36.5 Å². The van der Waals surface area contributed by atoms with E-state index in [-0.39, 0.29) is 50.3 Å². The summed E-state index contributed by atoms with van der Waals surface area (Å²) >= 11 is 0. The van der Waals surface area contributed by atoms with Gasteiger partial charge in [0, 0.05) is 31.3 Å². The molecule has 0 aromatic carbocycles. The van der Waals surface area contributed by atoms with E-state index < -0.39 is 26.0 Å². The summed E-state index contributed by atoms with van der Waals surface area (Å²) in [4.78, 5) is 34.1. The largest absolute Gasteiger partial charge is 0.472 e. The van der Waals surface area contributed by atoms with Crippen molar-refractivity contribution in [2.24, 2.45) is 11.8 Å². The lowest BCUT2D eigenvalue weighted by Crippen LogP contribution is -2.37. The number of quaternary nitrogens is 1. The molecule has 0 radical (unpaired) electrons. The average Bonchev–Trinajstić information content (AvgIpc) is 3.76. The van der Waals surface area contributed by atoms with Crippen LogP contribution < -0.4 is 0 Å². The average molecular weight is 815 g/mol. The monoisotopic (exact) mass is 815 g/mol. The smallest absolute Gasteiger partial charge is 0.457 e. The van der Waals surface area contributed by atoms with Gasteiger partial charge in [-0.25, -0.2) is 14.3 Å². The maximum atomic E-state index is 12.8. The van der Waals surface area contributed by atoms with Crippen molar-refractivity contribution in [3.63, 3.8) is 0 Å². The van der Waals surface area contributed by atoms with Crippen LogP contribution in [0.5, 0.6) is 0 Å². The highest BCUT2D eigenvalue weighted by Gasteiger charge is 2.49. The predicted octanol–water partition coefficient (Wildman–Crippen LogP) is 9.96. The predicted molar refractivity (Wildman–Crippen MR) is 224 cm³/mol. The highest BCUT2D eigenvalue weighted by atomic mass is 31.2. The van der Waals surface area contributed by atoms with Crippen molar-refractivity contribution in [3.8, 4) is 0 Å². The number of nitrogens with zero attached hydrogens (tertiary/aromatic N) is 1.